The van der Waals surface area contributed by atoms with E-state index in [1.807, 2.05) is 0 Å². The molecular formula is C18H20N4O4S. The van der Waals surface area contributed by atoms with Crippen LogP contribution in [-0.2, 0) is 15.6 Å². The van der Waals surface area contributed by atoms with E-state index in [-0.39, 0.29) is 17.3 Å². The highest BCUT2D eigenvalue weighted by Gasteiger charge is 2.41. The molecule has 3 rings (SSSR count). The second kappa shape index (κ2) is 7.50. The molecule has 0 atom stereocenters. The molecule has 1 heterocycles. The summed E-state index contributed by atoms with van der Waals surface area (Å²) >= 11 is 0. The number of benzene rings is 1. The van der Waals surface area contributed by atoms with Crippen LogP contribution in [0.1, 0.15) is 47.8 Å². The Hall–Kier alpha value is -2.70. The summed E-state index contributed by atoms with van der Waals surface area (Å²) in [6, 6.07) is 5.66. The minimum Gasteiger partial charge on any atom is -0.340 e. The molecule has 0 bridgehead atoms. The van der Waals surface area contributed by atoms with Gasteiger partial charge < -0.3 is 9.84 Å². The highest BCUT2D eigenvalue weighted by atomic mass is 32.2. The molecule has 0 aliphatic heterocycles. The molecule has 1 aliphatic carbocycles. The third-order valence-electron chi connectivity index (χ3n) is 4.56. The van der Waals surface area contributed by atoms with E-state index in [9.17, 15) is 13.2 Å². The molecule has 0 saturated heterocycles. The second-order valence-corrected chi connectivity index (χ2v) is 8.20. The third-order valence-corrected chi connectivity index (χ3v) is 5.97. The SMILES string of the molecule is C#CCNS(=O)(=O)c1ccc(C(=O)NC2(c3noc(C)n3)CCCC2)cc1. The maximum Gasteiger partial charge on any atom is 0.252 e. The number of aryl methyl sites for hydroxylation is 1. The van der Waals surface area contributed by atoms with E-state index in [1.54, 1.807) is 6.92 Å². The number of amides is 1. The van der Waals surface area contributed by atoms with Crippen LogP contribution in [0.3, 0.4) is 0 Å². The number of nitrogens with zero attached hydrogens (tertiary/aromatic N) is 2. The van der Waals surface area contributed by atoms with Gasteiger partial charge in [0, 0.05) is 12.5 Å². The molecule has 2 aromatic rings. The third kappa shape index (κ3) is 4.02. The van der Waals surface area contributed by atoms with Crippen molar-refractivity contribution in [2.45, 2.75) is 43.0 Å². The maximum atomic E-state index is 12.7. The van der Waals surface area contributed by atoms with Gasteiger partial charge in [-0.2, -0.15) is 9.71 Å². The molecule has 1 aromatic carbocycles. The monoisotopic (exact) mass is 388 g/mol. The Labute approximate surface area is 157 Å². The first-order chi connectivity index (χ1) is 12.9. The average Bonchev–Trinajstić information content (AvgIpc) is 3.30. The predicted molar refractivity (Wildman–Crippen MR) is 97.1 cm³/mol. The van der Waals surface area contributed by atoms with E-state index < -0.39 is 15.6 Å². The molecule has 0 radical (unpaired) electrons. The average molecular weight is 388 g/mol. The topological polar surface area (TPSA) is 114 Å². The zero-order chi connectivity index (χ0) is 19.5. The van der Waals surface area contributed by atoms with Crippen LogP contribution in [0, 0.1) is 19.3 Å². The molecule has 27 heavy (non-hydrogen) atoms. The van der Waals surface area contributed by atoms with E-state index in [0.717, 1.165) is 25.7 Å². The van der Waals surface area contributed by atoms with Crippen molar-refractivity contribution < 1.29 is 17.7 Å². The molecule has 2 N–H and O–H groups in total. The summed E-state index contributed by atoms with van der Waals surface area (Å²) in [7, 11) is -3.70. The van der Waals surface area contributed by atoms with Gasteiger partial charge in [-0.25, -0.2) is 8.42 Å². The summed E-state index contributed by atoms with van der Waals surface area (Å²) in [6.45, 7) is 1.60. The van der Waals surface area contributed by atoms with Crippen molar-refractivity contribution >= 4 is 15.9 Å². The molecular weight excluding hydrogens is 368 g/mol. The lowest BCUT2D eigenvalue weighted by molar-refractivity contribution is 0.0892. The van der Waals surface area contributed by atoms with Crippen molar-refractivity contribution in [3.63, 3.8) is 0 Å². The van der Waals surface area contributed by atoms with E-state index in [0.29, 0.717) is 17.3 Å². The number of aromatic nitrogens is 2. The number of carbonyl (C=O) groups excluding carboxylic acids is 1. The molecule has 1 amide bonds. The van der Waals surface area contributed by atoms with E-state index in [1.165, 1.54) is 24.3 Å². The normalized spacial score (nSPS) is 16.0. The maximum absolute atomic E-state index is 12.7. The van der Waals surface area contributed by atoms with E-state index in [2.05, 4.69) is 26.1 Å². The Morgan fingerprint density at radius 3 is 2.52 bits per heavy atom. The zero-order valence-corrected chi connectivity index (χ0v) is 15.7. The molecule has 0 spiro atoms. The Morgan fingerprint density at radius 1 is 1.30 bits per heavy atom. The van der Waals surface area contributed by atoms with Gasteiger partial charge in [0.2, 0.25) is 15.9 Å². The summed E-state index contributed by atoms with van der Waals surface area (Å²) in [5, 5.41) is 7.00. The van der Waals surface area contributed by atoms with E-state index >= 15 is 0 Å². The highest BCUT2D eigenvalue weighted by Crippen LogP contribution is 2.37. The molecule has 8 nitrogen and oxygen atoms in total. The zero-order valence-electron chi connectivity index (χ0n) is 14.9. The van der Waals surface area contributed by atoms with Crippen LogP contribution in [0.4, 0.5) is 0 Å². The first-order valence-corrected chi connectivity index (χ1v) is 10.0. The van der Waals surface area contributed by atoms with Gasteiger partial charge in [-0.1, -0.05) is 23.9 Å². The first kappa shape index (κ1) is 19.1. The van der Waals surface area contributed by atoms with Gasteiger partial charge in [-0.15, -0.1) is 6.42 Å². The fourth-order valence-electron chi connectivity index (χ4n) is 3.17. The Bertz CT molecular complexity index is 968. The van der Waals surface area contributed by atoms with Crippen molar-refractivity contribution in [1.29, 1.82) is 0 Å². The summed E-state index contributed by atoms with van der Waals surface area (Å²) in [5.41, 5.74) is -0.314. The van der Waals surface area contributed by atoms with Gasteiger partial charge in [-0.3, -0.25) is 4.79 Å². The fourth-order valence-corrected chi connectivity index (χ4v) is 4.11. The number of rotatable bonds is 6. The molecule has 9 heteroatoms. The molecule has 142 valence electrons. The lowest BCUT2D eigenvalue weighted by Crippen LogP contribution is -2.44. The smallest absolute Gasteiger partial charge is 0.252 e. The summed E-state index contributed by atoms with van der Waals surface area (Å²) in [4.78, 5) is 17.1. The number of sulfonamides is 1. The number of nitrogens with one attached hydrogen (secondary N) is 2. The van der Waals surface area contributed by atoms with Crippen molar-refractivity contribution in [3.8, 4) is 12.3 Å². The van der Waals surface area contributed by atoms with E-state index in [4.69, 9.17) is 10.9 Å². The van der Waals surface area contributed by atoms with Crippen molar-refractivity contribution in [3.05, 3.63) is 41.5 Å². The van der Waals surface area contributed by atoms with Crippen LogP contribution in [-0.4, -0.2) is 31.0 Å². The van der Waals surface area contributed by atoms with Gasteiger partial charge in [0.15, 0.2) is 5.82 Å². The van der Waals surface area contributed by atoms with Crippen LogP contribution in [0.25, 0.3) is 0 Å². The minimum atomic E-state index is -3.70. The van der Waals surface area contributed by atoms with Gasteiger partial charge in [0.1, 0.15) is 5.54 Å². The van der Waals surface area contributed by atoms with Crippen LogP contribution in [0.5, 0.6) is 0 Å². The van der Waals surface area contributed by atoms with Gasteiger partial charge in [-0.05, 0) is 37.1 Å². The molecule has 0 unspecified atom stereocenters. The lowest BCUT2D eigenvalue weighted by atomic mass is 9.96. The quantitative estimate of drug-likeness (QED) is 0.725. The lowest BCUT2D eigenvalue weighted by Gasteiger charge is -2.26. The van der Waals surface area contributed by atoms with Gasteiger partial charge in [0.25, 0.3) is 5.91 Å². The van der Waals surface area contributed by atoms with Crippen molar-refractivity contribution in [2.75, 3.05) is 6.54 Å². The second-order valence-electron chi connectivity index (χ2n) is 6.43. The van der Waals surface area contributed by atoms with Gasteiger partial charge >= 0.3 is 0 Å². The fraction of sp³-hybridized carbons (Fsp3) is 0.389. The highest BCUT2D eigenvalue weighted by molar-refractivity contribution is 7.89. The number of hydrogen-bond acceptors (Lipinski definition) is 6. The Balaban J connectivity index is 1.79. The van der Waals surface area contributed by atoms with Crippen LogP contribution in [0.15, 0.2) is 33.7 Å². The largest absolute Gasteiger partial charge is 0.340 e. The Kier molecular flexibility index (Phi) is 5.30. The predicted octanol–water partition coefficient (Wildman–Crippen LogP) is 1.49. The van der Waals surface area contributed by atoms with Crippen molar-refractivity contribution in [1.82, 2.24) is 20.2 Å². The van der Waals surface area contributed by atoms with Crippen LogP contribution in [0.2, 0.25) is 0 Å². The number of terminal acetylenes is 1. The molecule has 1 aliphatic rings. The number of carbonyl (C=O) groups is 1. The molecule has 1 saturated carbocycles. The standard InChI is InChI=1S/C18H20N4O4S/c1-3-12-19-27(24,25)15-8-6-14(7-9-15)16(23)21-18(10-4-5-11-18)17-20-13(2)26-22-17/h1,6-9,19H,4-5,10-12H2,2H3,(H,21,23). The van der Waals surface area contributed by atoms with Gasteiger partial charge in [0.05, 0.1) is 11.4 Å². The molecule has 1 aromatic heterocycles. The molecule has 1 fully saturated rings. The summed E-state index contributed by atoms with van der Waals surface area (Å²) in [5.74, 6) is 2.81. The summed E-state index contributed by atoms with van der Waals surface area (Å²) in [6.07, 6.45) is 8.42. The number of hydrogen-bond donors (Lipinski definition) is 2. The summed E-state index contributed by atoms with van der Waals surface area (Å²) < 4.78 is 31.5. The first-order valence-electron chi connectivity index (χ1n) is 8.53. The minimum absolute atomic E-state index is 0.0404. The Morgan fingerprint density at radius 2 is 1.96 bits per heavy atom. The van der Waals surface area contributed by atoms with Crippen LogP contribution < -0.4 is 10.0 Å². The van der Waals surface area contributed by atoms with Crippen LogP contribution >= 0.6 is 0 Å². The van der Waals surface area contributed by atoms with Crippen molar-refractivity contribution in [2.24, 2.45) is 0 Å².